The van der Waals surface area contributed by atoms with Gasteiger partial charge in [0.1, 0.15) is 12.4 Å². The Morgan fingerprint density at radius 3 is 2.61 bits per heavy atom. The zero-order valence-corrected chi connectivity index (χ0v) is 9.05. The molecule has 1 rings (SSSR count). The topological polar surface area (TPSA) is 64.4 Å². The summed E-state index contributed by atoms with van der Waals surface area (Å²) < 4.78 is 50.0. The molecule has 1 aromatic rings. The van der Waals surface area contributed by atoms with Gasteiger partial charge in [0.25, 0.3) is 0 Å². The predicted octanol–water partition coefficient (Wildman–Crippen LogP) is 1.35. The average Bonchev–Trinajstić information content (AvgIpc) is 2.24. The Hall–Kier alpha value is -1.67. The van der Waals surface area contributed by atoms with Gasteiger partial charge in [-0.15, -0.1) is 0 Å². The van der Waals surface area contributed by atoms with Crippen LogP contribution in [0.4, 0.5) is 17.6 Å². The molecule has 0 aliphatic carbocycles. The third kappa shape index (κ3) is 4.30. The van der Waals surface area contributed by atoms with Crippen LogP contribution >= 0.6 is 0 Å². The Morgan fingerprint density at radius 2 is 2.06 bits per heavy atom. The highest BCUT2D eigenvalue weighted by molar-refractivity contribution is 5.74. The van der Waals surface area contributed by atoms with E-state index in [-0.39, 0.29) is 12.1 Å². The number of nitrogens with one attached hydrogen (secondary N) is 1. The van der Waals surface area contributed by atoms with E-state index < -0.39 is 30.1 Å². The molecule has 0 atom stereocenters. The molecule has 3 N–H and O–H groups in total. The van der Waals surface area contributed by atoms with Crippen LogP contribution in [0.15, 0.2) is 18.2 Å². The van der Waals surface area contributed by atoms with E-state index in [1.807, 2.05) is 0 Å². The highest BCUT2D eigenvalue weighted by Crippen LogP contribution is 2.31. The molecule has 1 amide bonds. The molecule has 0 aliphatic rings. The summed E-state index contributed by atoms with van der Waals surface area (Å²) in [5, 5.41) is 0. The summed E-state index contributed by atoms with van der Waals surface area (Å²) in [7, 11) is 0. The van der Waals surface area contributed by atoms with Gasteiger partial charge < -0.3 is 5.73 Å². The highest BCUT2D eigenvalue weighted by atomic mass is 19.4. The second kappa shape index (κ2) is 5.78. The van der Waals surface area contributed by atoms with E-state index >= 15 is 0 Å². The Kier molecular flexibility index (Phi) is 4.62. The summed E-state index contributed by atoms with van der Waals surface area (Å²) in [4.78, 5) is 14.9. The number of benzene rings is 1. The van der Waals surface area contributed by atoms with Crippen LogP contribution in [0.3, 0.4) is 0 Å². The van der Waals surface area contributed by atoms with Gasteiger partial charge in [-0.05, 0) is 17.7 Å². The minimum Gasteiger partial charge on any atom is -0.368 e. The second-order valence-corrected chi connectivity index (χ2v) is 3.39. The van der Waals surface area contributed by atoms with E-state index in [4.69, 9.17) is 5.73 Å². The number of halogens is 4. The van der Waals surface area contributed by atoms with Crippen LogP contribution in [-0.4, -0.2) is 12.5 Å². The number of amides is 1. The maximum absolute atomic E-state index is 12.9. The average molecular weight is 266 g/mol. The first kappa shape index (κ1) is 14.4. The number of nitrogens with two attached hydrogens (primary N) is 1. The van der Waals surface area contributed by atoms with Crippen molar-refractivity contribution in [3.05, 3.63) is 35.1 Å². The third-order valence-corrected chi connectivity index (χ3v) is 1.93. The molecular weight excluding hydrogens is 256 g/mol. The first-order chi connectivity index (χ1) is 8.30. The number of hydrogen-bond acceptors (Lipinski definition) is 3. The number of carbonyl (C=O) groups excluding carboxylic acids is 1. The van der Waals surface area contributed by atoms with Crippen molar-refractivity contribution in [2.45, 2.75) is 12.7 Å². The van der Waals surface area contributed by atoms with E-state index in [0.29, 0.717) is 12.1 Å². The van der Waals surface area contributed by atoms with Crippen LogP contribution in [0.25, 0.3) is 0 Å². The van der Waals surface area contributed by atoms with Gasteiger partial charge in [-0.1, -0.05) is 6.07 Å². The van der Waals surface area contributed by atoms with Crippen molar-refractivity contribution in [3.8, 4) is 0 Å². The molecule has 0 heterocycles. The lowest BCUT2D eigenvalue weighted by Crippen LogP contribution is -2.24. The molecule has 0 bridgehead atoms. The van der Waals surface area contributed by atoms with Crippen molar-refractivity contribution in [2.75, 3.05) is 6.61 Å². The normalized spacial score (nSPS) is 11.6. The highest BCUT2D eigenvalue weighted by Gasteiger charge is 2.34. The number of hydroxylamine groups is 1. The van der Waals surface area contributed by atoms with Gasteiger partial charge in [0.15, 0.2) is 0 Å². The van der Waals surface area contributed by atoms with E-state index in [1.54, 1.807) is 0 Å². The molecule has 0 aromatic heterocycles. The lowest BCUT2D eigenvalue weighted by atomic mass is 10.1. The van der Waals surface area contributed by atoms with Crippen molar-refractivity contribution in [3.63, 3.8) is 0 Å². The molecule has 0 unspecified atom stereocenters. The molecule has 8 heteroatoms. The van der Waals surface area contributed by atoms with Gasteiger partial charge in [-0.3, -0.25) is 9.63 Å². The van der Waals surface area contributed by atoms with Gasteiger partial charge >= 0.3 is 6.18 Å². The van der Waals surface area contributed by atoms with Crippen molar-refractivity contribution in [1.82, 2.24) is 5.48 Å². The molecule has 0 radical (unpaired) electrons. The molecule has 0 fully saturated rings. The fourth-order valence-electron chi connectivity index (χ4n) is 1.16. The molecule has 100 valence electrons. The van der Waals surface area contributed by atoms with Crippen LogP contribution in [-0.2, 0) is 22.4 Å². The number of alkyl halides is 3. The first-order valence-electron chi connectivity index (χ1n) is 4.79. The standard InChI is InChI=1S/C10H10F4N2O2/c11-8-2-1-6(3-7(8)10(12,13)14)4-16-18-5-9(15)17/h1-3,16H,4-5H2,(H2,15,17). The molecule has 0 saturated heterocycles. The Balaban J connectivity index is 2.65. The Labute approximate surface area is 99.7 Å². The van der Waals surface area contributed by atoms with Crippen LogP contribution in [0.1, 0.15) is 11.1 Å². The fourth-order valence-corrected chi connectivity index (χ4v) is 1.16. The molecule has 0 saturated carbocycles. The van der Waals surface area contributed by atoms with E-state index in [1.165, 1.54) is 6.07 Å². The summed E-state index contributed by atoms with van der Waals surface area (Å²) in [6, 6.07) is 2.55. The van der Waals surface area contributed by atoms with Gasteiger partial charge in [0.2, 0.25) is 5.91 Å². The van der Waals surface area contributed by atoms with Crippen LogP contribution in [0.2, 0.25) is 0 Å². The van der Waals surface area contributed by atoms with Gasteiger partial charge in [-0.2, -0.15) is 18.7 Å². The maximum atomic E-state index is 12.9. The lowest BCUT2D eigenvalue weighted by molar-refractivity contribution is -0.140. The van der Waals surface area contributed by atoms with Gasteiger partial charge in [0, 0.05) is 6.54 Å². The van der Waals surface area contributed by atoms with Crippen molar-refractivity contribution in [2.24, 2.45) is 5.73 Å². The number of primary amides is 1. The minimum atomic E-state index is -4.76. The molecule has 1 aromatic carbocycles. The van der Waals surface area contributed by atoms with Gasteiger partial charge in [-0.25, -0.2) is 4.39 Å². The van der Waals surface area contributed by atoms with Crippen molar-refractivity contribution >= 4 is 5.91 Å². The summed E-state index contributed by atoms with van der Waals surface area (Å²) >= 11 is 0. The van der Waals surface area contributed by atoms with E-state index in [9.17, 15) is 22.4 Å². The molecule has 18 heavy (non-hydrogen) atoms. The predicted molar refractivity (Wildman–Crippen MR) is 53.4 cm³/mol. The molecule has 0 spiro atoms. The Bertz CT molecular complexity index is 434. The smallest absolute Gasteiger partial charge is 0.368 e. The number of carbonyl (C=O) groups is 1. The zero-order chi connectivity index (χ0) is 13.8. The number of hydrogen-bond donors (Lipinski definition) is 2. The summed E-state index contributed by atoms with van der Waals surface area (Å²) in [6.07, 6.45) is -4.76. The largest absolute Gasteiger partial charge is 0.419 e. The summed E-state index contributed by atoms with van der Waals surface area (Å²) in [6.45, 7) is -0.524. The third-order valence-electron chi connectivity index (χ3n) is 1.93. The quantitative estimate of drug-likeness (QED) is 0.480. The van der Waals surface area contributed by atoms with Crippen molar-refractivity contribution in [1.29, 1.82) is 0 Å². The maximum Gasteiger partial charge on any atom is 0.419 e. The second-order valence-electron chi connectivity index (χ2n) is 3.39. The minimum absolute atomic E-state index is 0.114. The first-order valence-corrected chi connectivity index (χ1v) is 4.79. The SMILES string of the molecule is NC(=O)CONCc1ccc(F)c(C(F)(F)F)c1. The zero-order valence-electron chi connectivity index (χ0n) is 9.05. The van der Waals surface area contributed by atoms with Crippen LogP contribution in [0.5, 0.6) is 0 Å². The summed E-state index contributed by atoms with van der Waals surface area (Å²) in [5.41, 5.74) is 5.82. The molecular formula is C10H10F4N2O2. The fraction of sp³-hybridized carbons (Fsp3) is 0.300. The van der Waals surface area contributed by atoms with Crippen LogP contribution < -0.4 is 11.2 Å². The lowest BCUT2D eigenvalue weighted by Gasteiger charge is -2.10. The number of rotatable bonds is 5. The van der Waals surface area contributed by atoms with E-state index in [2.05, 4.69) is 10.3 Å². The Morgan fingerprint density at radius 1 is 1.39 bits per heavy atom. The van der Waals surface area contributed by atoms with Crippen LogP contribution in [0, 0.1) is 5.82 Å². The van der Waals surface area contributed by atoms with Crippen molar-refractivity contribution < 1.29 is 27.2 Å². The van der Waals surface area contributed by atoms with Gasteiger partial charge in [0.05, 0.1) is 5.56 Å². The molecule has 0 aliphatic heterocycles. The molecule has 4 nitrogen and oxygen atoms in total. The monoisotopic (exact) mass is 266 g/mol. The summed E-state index contributed by atoms with van der Waals surface area (Å²) in [5.74, 6) is -2.07. The van der Waals surface area contributed by atoms with E-state index in [0.717, 1.165) is 0 Å².